The van der Waals surface area contributed by atoms with E-state index < -0.39 is 0 Å². The molecule has 1 fully saturated rings. The van der Waals surface area contributed by atoms with Crippen molar-refractivity contribution in [3.8, 4) is 0 Å². The SMILES string of the molecule is CCCC1(Cc2cncc(Br)c2)CCCN1. The second kappa shape index (κ2) is 5.28. The van der Waals surface area contributed by atoms with Crippen LogP contribution in [0.2, 0.25) is 0 Å². The van der Waals surface area contributed by atoms with Crippen molar-refractivity contribution in [2.24, 2.45) is 0 Å². The summed E-state index contributed by atoms with van der Waals surface area (Å²) in [6, 6.07) is 2.18. The van der Waals surface area contributed by atoms with Crippen molar-refractivity contribution in [2.45, 2.75) is 44.6 Å². The Morgan fingerprint density at radius 3 is 3.00 bits per heavy atom. The molecule has 1 unspecified atom stereocenters. The van der Waals surface area contributed by atoms with Crippen LogP contribution in [-0.4, -0.2) is 17.1 Å². The zero-order valence-electron chi connectivity index (χ0n) is 9.80. The highest BCUT2D eigenvalue weighted by atomic mass is 79.9. The van der Waals surface area contributed by atoms with E-state index >= 15 is 0 Å². The maximum atomic E-state index is 4.24. The first-order valence-corrected chi connectivity index (χ1v) is 6.88. The van der Waals surface area contributed by atoms with Crippen LogP contribution in [0.15, 0.2) is 22.9 Å². The van der Waals surface area contributed by atoms with E-state index in [1.54, 1.807) is 0 Å². The molecule has 1 aliphatic rings. The summed E-state index contributed by atoms with van der Waals surface area (Å²) in [5, 5.41) is 3.70. The smallest absolute Gasteiger partial charge is 0.0410 e. The van der Waals surface area contributed by atoms with Gasteiger partial charge in [0.05, 0.1) is 0 Å². The molecule has 2 nitrogen and oxygen atoms in total. The zero-order chi connectivity index (χ0) is 11.4. The lowest BCUT2D eigenvalue weighted by molar-refractivity contribution is 0.341. The van der Waals surface area contributed by atoms with Gasteiger partial charge in [0.1, 0.15) is 0 Å². The van der Waals surface area contributed by atoms with Crippen molar-refractivity contribution in [3.05, 3.63) is 28.5 Å². The predicted octanol–water partition coefficient (Wildman–Crippen LogP) is 3.31. The molecule has 0 aliphatic carbocycles. The van der Waals surface area contributed by atoms with Crippen LogP contribution >= 0.6 is 15.9 Å². The van der Waals surface area contributed by atoms with Gasteiger partial charge in [0, 0.05) is 22.4 Å². The van der Waals surface area contributed by atoms with Crippen LogP contribution in [0.3, 0.4) is 0 Å². The molecule has 1 aliphatic heterocycles. The Hall–Kier alpha value is -0.410. The first-order valence-electron chi connectivity index (χ1n) is 6.08. The molecule has 16 heavy (non-hydrogen) atoms. The summed E-state index contributed by atoms with van der Waals surface area (Å²) in [6.07, 6.45) is 10.1. The Morgan fingerprint density at radius 1 is 1.50 bits per heavy atom. The lowest BCUT2D eigenvalue weighted by Crippen LogP contribution is -2.41. The average Bonchev–Trinajstić information content (AvgIpc) is 2.67. The summed E-state index contributed by atoms with van der Waals surface area (Å²) in [7, 11) is 0. The van der Waals surface area contributed by atoms with Gasteiger partial charge < -0.3 is 5.32 Å². The molecule has 2 rings (SSSR count). The first kappa shape index (κ1) is 12.1. The number of nitrogens with one attached hydrogen (secondary N) is 1. The van der Waals surface area contributed by atoms with Crippen LogP contribution in [0.4, 0.5) is 0 Å². The summed E-state index contributed by atoms with van der Waals surface area (Å²) >= 11 is 3.49. The van der Waals surface area contributed by atoms with E-state index in [9.17, 15) is 0 Å². The molecule has 1 aromatic heterocycles. The Morgan fingerprint density at radius 2 is 2.38 bits per heavy atom. The van der Waals surface area contributed by atoms with Crippen molar-refractivity contribution in [3.63, 3.8) is 0 Å². The van der Waals surface area contributed by atoms with Gasteiger partial charge in [-0.2, -0.15) is 0 Å². The second-order valence-corrected chi connectivity index (χ2v) is 5.66. The van der Waals surface area contributed by atoms with Crippen LogP contribution in [0.1, 0.15) is 38.2 Å². The van der Waals surface area contributed by atoms with E-state index in [1.807, 2.05) is 12.4 Å². The van der Waals surface area contributed by atoms with Crippen molar-refractivity contribution in [1.82, 2.24) is 10.3 Å². The highest BCUT2D eigenvalue weighted by Crippen LogP contribution is 2.29. The lowest BCUT2D eigenvalue weighted by atomic mass is 9.86. The van der Waals surface area contributed by atoms with E-state index in [-0.39, 0.29) is 0 Å². The Kier molecular flexibility index (Phi) is 3.98. The second-order valence-electron chi connectivity index (χ2n) is 4.75. The molecule has 3 heteroatoms. The molecule has 0 amide bonds. The topological polar surface area (TPSA) is 24.9 Å². The molecule has 2 heterocycles. The molecular weight excluding hydrogens is 264 g/mol. The Labute approximate surface area is 106 Å². The van der Waals surface area contributed by atoms with Gasteiger partial charge in [-0.1, -0.05) is 13.3 Å². The molecule has 1 aromatic rings. The number of halogens is 1. The Balaban J connectivity index is 2.11. The summed E-state index contributed by atoms with van der Waals surface area (Å²) in [5.41, 5.74) is 1.66. The third-order valence-corrected chi connectivity index (χ3v) is 3.80. The molecule has 1 saturated heterocycles. The minimum atomic E-state index is 0.331. The van der Waals surface area contributed by atoms with Gasteiger partial charge in [-0.15, -0.1) is 0 Å². The molecule has 0 radical (unpaired) electrons. The zero-order valence-corrected chi connectivity index (χ0v) is 11.4. The number of hydrogen-bond donors (Lipinski definition) is 1. The van der Waals surface area contributed by atoms with E-state index in [0.29, 0.717) is 5.54 Å². The number of hydrogen-bond acceptors (Lipinski definition) is 2. The van der Waals surface area contributed by atoms with Crippen LogP contribution in [0.5, 0.6) is 0 Å². The predicted molar refractivity (Wildman–Crippen MR) is 70.5 cm³/mol. The molecule has 0 spiro atoms. The van der Waals surface area contributed by atoms with Gasteiger partial charge in [-0.05, 0) is 59.8 Å². The summed E-state index contributed by atoms with van der Waals surface area (Å²) < 4.78 is 1.08. The standard InChI is InChI=1S/C13H19BrN2/c1-2-4-13(5-3-6-16-13)8-11-7-12(14)10-15-9-11/h7,9-10,16H,2-6,8H2,1H3. The van der Waals surface area contributed by atoms with Gasteiger partial charge in [0.25, 0.3) is 0 Å². The minimum absolute atomic E-state index is 0.331. The number of nitrogens with zero attached hydrogens (tertiary/aromatic N) is 1. The molecule has 88 valence electrons. The monoisotopic (exact) mass is 282 g/mol. The van der Waals surface area contributed by atoms with Crippen molar-refractivity contribution in [2.75, 3.05) is 6.54 Å². The van der Waals surface area contributed by atoms with E-state index in [0.717, 1.165) is 10.9 Å². The van der Waals surface area contributed by atoms with Crippen LogP contribution in [0, 0.1) is 0 Å². The largest absolute Gasteiger partial charge is 0.311 e. The summed E-state index contributed by atoms with van der Waals surface area (Å²) in [6.45, 7) is 3.43. The lowest BCUT2D eigenvalue weighted by Gasteiger charge is -2.29. The quantitative estimate of drug-likeness (QED) is 0.917. The molecule has 0 aromatic carbocycles. The van der Waals surface area contributed by atoms with Gasteiger partial charge in [-0.3, -0.25) is 4.98 Å². The van der Waals surface area contributed by atoms with E-state index in [1.165, 1.54) is 37.8 Å². The van der Waals surface area contributed by atoms with Gasteiger partial charge in [0.2, 0.25) is 0 Å². The number of rotatable bonds is 4. The fourth-order valence-corrected chi connectivity index (χ4v) is 3.16. The van der Waals surface area contributed by atoms with Crippen molar-refractivity contribution < 1.29 is 0 Å². The molecule has 0 saturated carbocycles. The molecular formula is C13H19BrN2. The fraction of sp³-hybridized carbons (Fsp3) is 0.615. The van der Waals surface area contributed by atoms with Gasteiger partial charge >= 0.3 is 0 Å². The maximum Gasteiger partial charge on any atom is 0.0410 e. The first-order chi connectivity index (χ1) is 7.74. The fourth-order valence-electron chi connectivity index (χ4n) is 2.74. The molecule has 1 atom stereocenters. The van der Waals surface area contributed by atoms with Crippen LogP contribution < -0.4 is 5.32 Å². The molecule has 0 bridgehead atoms. The highest BCUT2D eigenvalue weighted by Gasteiger charge is 2.32. The van der Waals surface area contributed by atoms with Crippen molar-refractivity contribution in [1.29, 1.82) is 0 Å². The highest BCUT2D eigenvalue weighted by molar-refractivity contribution is 9.10. The Bertz CT molecular complexity index is 346. The molecule has 1 N–H and O–H groups in total. The minimum Gasteiger partial charge on any atom is -0.311 e. The van der Waals surface area contributed by atoms with Crippen LogP contribution in [-0.2, 0) is 6.42 Å². The third-order valence-electron chi connectivity index (χ3n) is 3.36. The van der Waals surface area contributed by atoms with E-state index in [4.69, 9.17) is 0 Å². The number of pyridine rings is 1. The van der Waals surface area contributed by atoms with Gasteiger partial charge in [0.15, 0.2) is 0 Å². The van der Waals surface area contributed by atoms with E-state index in [2.05, 4.69) is 39.2 Å². The van der Waals surface area contributed by atoms with Gasteiger partial charge in [-0.25, -0.2) is 0 Å². The average molecular weight is 283 g/mol. The maximum absolute atomic E-state index is 4.24. The normalized spacial score (nSPS) is 24.9. The third kappa shape index (κ3) is 2.83. The summed E-state index contributed by atoms with van der Waals surface area (Å²) in [4.78, 5) is 4.24. The van der Waals surface area contributed by atoms with Crippen LogP contribution in [0.25, 0.3) is 0 Å². The number of aromatic nitrogens is 1. The summed E-state index contributed by atoms with van der Waals surface area (Å²) in [5.74, 6) is 0. The van der Waals surface area contributed by atoms with Crippen molar-refractivity contribution >= 4 is 15.9 Å².